The van der Waals surface area contributed by atoms with Crippen molar-refractivity contribution in [3.05, 3.63) is 95.6 Å². The third-order valence-corrected chi connectivity index (χ3v) is 9.79. The fourth-order valence-electron chi connectivity index (χ4n) is 5.54. The Bertz CT molecular complexity index is 1330. The number of rotatable bonds is 11. The number of carbonyl (C=O) groups is 1. The summed E-state index contributed by atoms with van der Waals surface area (Å²) in [4.78, 5) is 15.4. The SMILES string of the molecule is O=C(NCCOc1ccc(S(=O)(=O)N2CCCC2)cc1)c1ccc(CN2CCC(Cc3ccccc3)CC2)cc1. The predicted octanol–water partition coefficient (Wildman–Crippen LogP) is 4.73. The molecule has 1 N–H and O–H groups in total. The van der Waals surface area contributed by atoms with E-state index in [1.54, 1.807) is 24.3 Å². The standard InChI is InChI=1S/C32H39N3O4S/c36-32(33-18-23-39-30-12-14-31(15-13-30)40(37,38)35-19-4-5-20-35)29-10-8-28(9-11-29)25-34-21-16-27(17-22-34)24-26-6-2-1-3-7-26/h1-3,6-15,27H,4-5,16-25H2,(H,33,36). The van der Waals surface area contributed by atoms with Crippen LogP contribution in [0, 0.1) is 5.92 Å². The van der Waals surface area contributed by atoms with Gasteiger partial charge >= 0.3 is 0 Å². The van der Waals surface area contributed by atoms with Gasteiger partial charge in [0, 0.05) is 25.2 Å². The van der Waals surface area contributed by atoms with Crippen LogP contribution in [0.25, 0.3) is 0 Å². The van der Waals surface area contributed by atoms with Gasteiger partial charge in [-0.25, -0.2) is 8.42 Å². The average molecular weight is 562 g/mol. The van der Waals surface area contributed by atoms with Crippen molar-refractivity contribution < 1.29 is 17.9 Å². The van der Waals surface area contributed by atoms with Gasteiger partial charge in [0.25, 0.3) is 5.91 Å². The third-order valence-electron chi connectivity index (χ3n) is 7.88. The summed E-state index contributed by atoms with van der Waals surface area (Å²) in [5.41, 5.74) is 3.28. The number of hydrogen-bond donors (Lipinski definition) is 1. The van der Waals surface area contributed by atoms with Crippen LogP contribution in [0.4, 0.5) is 0 Å². The molecule has 0 aromatic heterocycles. The van der Waals surface area contributed by atoms with E-state index in [0.717, 1.165) is 38.4 Å². The Labute approximate surface area is 238 Å². The molecule has 2 saturated heterocycles. The highest BCUT2D eigenvalue weighted by molar-refractivity contribution is 7.89. The molecule has 3 aromatic rings. The fraction of sp³-hybridized carbons (Fsp3) is 0.406. The van der Waals surface area contributed by atoms with Crippen LogP contribution < -0.4 is 10.1 Å². The normalized spacial score (nSPS) is 17.1. The molecule has 2 fully saturated rings. The zero-order chi connectivity index (χ0) is 27.8. The number of carbonyl (C=O) groups excluding carboxylic acids is 1. The zero-order valence-electron chi connectivity index (χ0n) is 23.0. The summed E-state index contributed by atoms with van der Waals surface area (Å²) in [6.45, 7) is 4.93. The van der Waals surface area contributed by atoms with Gasteiger partial charge in [-0.15, -0.1) is 0 Å². The lowest BCUT2D eigenvalue weighted by atomic mass is 9.90. The van der Waals surface area contributed by atoms with Gasteiger partial charge in [-0.05, 0) is 98.6 Å². The molecule has 0 aliphatic carbocycles. The van der Waals surface area contributed by atoms with E-state index in [4.69, 9.17) is 4.74 Å². The van der Waals surface area contributed by atoms with Crippen molar-refractivity contribution in [2.45, 2.75) is 43.5 Å². The number of sulfonamides is 1. The van der Waals surface area contributed by atoms with Crippen molar-refractivity contribution in [2.75, 3.05) is 39.3 Å². The van der Waals surface area contributed by atoms with Crippen molar-refractivity contribution in [1.82, 2.24) is 14.5 Å². The van der Waals surface area contributed by atoms with Gasteiger partial charge in [-0.1, -0.05) is 42.5 Å². The van der Waals surface area contributed by atoms with Crippen molar-refractivity contribution in [3.8, 4) is 5.75 Å². The maximum atomic E-state index is 12.6. The second kappa shape index (κ2) is 13.4. The second-order valence-corrected chi connectivity index (χ2v) is 12.7. The van der Waals surface area contributed by atoms with E-state index in [-0.39, 0.29) is 10.8 Å². The first kappa shape index (κ1) is 28.3. The molecule has 212 valence electrons. The number of piperidine rings is 1. The van der Waals surface area contributed by atoms with Gasteiger partial charge in [0.05, 0.1) is 11.4 Å². The Balaban J connectivity index is 1.00. The fourth-order valence-corrected chi connectivity index (χ4v) is 7.05. The number of benzene rings is 3. The molecule has 0 saturated carbocycles. The average Bonchev–Trinajstić information content (AvgIpc) is 3.54. The van der Waals surface area contributed by atoms with Crippen LogP contribution in [0.5, 0.6) is 5.75 Å². The number of nitrogens with zero attached hydrogens (tertiary/aromatic N) is 2. The van der Waals surface area contributed by atoms with Crippen molar-refractivity contribution in [2.24, 2.45) is 5.92 Å². The van der Waals surface area contributed by atoms with E-state index in [0.29, 0.717) is 37.6 Å². The van der Waals surface area contributed by atoms with Crippen LogP contribution in [0.3, 0.4) is 0 Å². The summed E-state index contributed by atoms with van der Waals surface area (Å²) < 4.78 is 32.5. The van der Waals surface area contributed by atoms with Crippen LogP contribution in [0.15, 0.2) is 83.8 Å². The molecule has 5 rings (SSSR count). The van der Waals surface area contributed by atoms with E-state index < -0.39 is 10.0 Å². The Hall–Kier alpha value is -3.20. The molecule has 2 heterocycles. The highest BCUT2D eigenvalue weighted by Crippen LogP contribution is 2.24. The Morgan fingerprint density at radius 3 is 2.17 bits per heavy atom. The van der Waals surface area contributed by atoms with Gasteiger partial charge < -0.3 is 10.1 Å². The summed E-state index contributed by atoms with van der Waals surface area (Å²) in [6, 6.07) is 25.1. The summed E-state index contributed by atoms with van der Waals surface area (Å²) in [5, 5.41) is 2.89. The molecule has 0 spiro atoms. The topological polar surface area (TPSA) is 78.9 Å². The molecule has 0 unspecified atom stereocenters. The van der Waals surface area contributed by atoms with Gasteiger partial charge in [-0.2, -0.15) is 4.31 Å². The molecule has 2 aliphatic rings. The van der Waals surface area contributed by atoms with Crippen LogP contribution in [0.2, 0.25) is 0 Å². The van der Waals surface area contributed by atoms with E-state index in [1.807, 2.05) is 24.3 Å². The van der Waals surface area contributed by atoms with E-state index >= 15 is 0 Å². The summed E-state index contributed by atoms with van der Waals surface area (Å²) in [7, 11) is -3.43. The first-order chi connectivity index (χ1) is 19.5. The lowest BCUT2D eigenvalue weighted by molar-refractivity contribution is 0.0947. The maximum Gasteiger partial charge on any atom is 0.251 e. The molecule has 8 heteroatoms. The number of likely N-dealkylation sites (tertiary alicyclic amines) is 1. The largest absolute Gasteiger partial charge is 0.492 e. The Morgan fingerprint density at radius 1 is 0.825 bits per heavy atom. The highest BCUT2D eigenvalue weighted by atomic mass is 32.2. The monoisotopic (exact) mass is 561 g/mol. The molecule has 0 atom stereocenters. The van der Waals surface area contributed by atoms with Crippen LogP contribution in [0.1, 0.15) is 47.2 Å². The molecular formula is C32H39N3O4S. The minimum absolute atomic E-state index is 0.135. The van der Waals surface area contributed by atoms with Crippen molar-refractivity contribution >= 4 is 15.9 Å². The Kier molecular flexibility index (Phi) is 9.52. The van der Waals surface area contributed by atoms with Crippen molar-refractivity contribution in [1.29, 1.82) is 0 Å². The number of nitrogens with one attached hydrogen (secondary N) is 1. The Morgan fingerprint density at radius 2 is 1.50 bits per heavy atom. The molecule has 0 radical (unpaired) electrons. The van der Waals surface area contributed by atoms with Crippen molar-refractivity contribution in [3.63, 3.8) is 0 Å². The first-order valence-electron chi connectivity index (χ1n) is 14.3. The van der Waals surface area contributed by atoms with Crippen LogP contribution in [-0.2, 0) is 23.0 Å². The zero-order valence-corrected chi connectivity index (χ0v) is 23.8. The van der Waals surface area contributed by atoms with Gasteiger partial charge in [0.15, 0.2) is 0 Å². The number of hydrogen-bond acceptors (Lipinski definition) is 5. The number of amides is 1. The molecule has 3 aromatic carbocycles. The predicted molar refractivity (Wildman–Crippen MR) is 157 cm³/mol. The highest BCUT2D eigenvalue weighted by Gasteiger charge is 2.27. The quantitative estimate of drug-likeness (QED) is 0.343. The third kappa shape index (κ3) is 7.50. The molecule has 0 bridgehead atoms. The second-order valence-electron chi connectivity index (χ2n) is 10.8. The lowest BCUT2D eigenvalue weighted by Gasteiger charge is -2.32. The molecule has 1 amide bonds. The summed E-state index contributed by atoms with van der Waals surface area (Å²) in [5.74, 6) is 1.19. The molecule has 2 aliphatic heterocycles. The van der Waals surface area contributed by atoms with Crippen LogP contribution in [-0.4, -0.2) is 62.9 Å². The lowest BCUT2D eigenvalue weighted by Crippen LogP contribution is -2.33. The van der Waals surface area contributed by atoms with E-state index in [9.17, 15) is 13.2 Å². The van der Waals surface area contributed by atoms with Gasteiger partial charge in [0.2, 0.25) is 10.0 Å². The van der Waals surface area contributed by atoms with Gasteiger partial charge in [0.1, 0.15) is 12.4 Å². The summed E-state index contributed by atoms with van der Waals surface area (Å²) >= 11 is 0. The van der Waals surface area contributed by atoms with E-state index in [2.05, 4.69) is 40.5 Å². The minimum Gasteiger partial charge on any atom is -0.492 e. The molecule has 40 heavy (non-hydrogen) atoms. The summed E-state index contributed by atoms with van der Waals surface area (Å²) in [6.07, 6.45) is 5.42. The molecule has 7 nitrogen and oxygen atoms in total. The first-order valence-corrected chi connectivity index (χ1v) is 15.8. The van der Waals surface area contributed by atoms with E-state index in [1.165, 1.54) is 34.7 Å². The maximum absolute atomic E-state index is 12.6. The van der Waals surface area contributed by atoms with Crippen LogP contribution >= 0.6 is 0 Å². The minimum atomic E-state index is -3.43. The number of ether oxygens (including phenoxy) is 1. The van der Waals surface area contributed by atoms with Gasteiger partial charge in [-0.3, -0.25) is 9.69 Å². The smallest absolute Gasteiger partial charge is 0.251 e. The molecular weight excluding hydrogens is 522 g/mol.